The van der Waals surface area contributed by atoms with Crippen LogP contribution in [0.5, 0.6) is 0 Å². The third-order valence-corrected chi connectivity index (χ3v) is 5.39. The molecule has 2 unspecified atom stereocenters. The van der Waals surface area contributed by atoms with Gasteiger partial charge in [0.05, 0.1) is 5.60 Å². The Morgan fingerprint density at radius 3 is 2.52 bits per heavy atom. The number of benzene rings is 2. The van der Waals surface area contributed by atoms with Crippen molar-refractivity contribution in [3.05, 3.63) is 48.0 Å². The van der Waals surface area contributed by atoms with E-state index in [4.69, 9.17) is 0 Å². The lowest BCUT2D eigenvalue weighted by Crippen LogP contribution is -2.45. The molecule has 2 aromatic rings. The van der Waals surface area contributed by atoms with Crippen LogP contribution in [0, 0.1) is 11.3 Å². The van der Waals surface area contributed by atoms with Crippen LogP contribution in [-0.4, -0.2) is 10.7 Å². The summed E-state index contributed by atoms with van der Waals surface area (Å²) in [5, 5.41) is 13.7. The van der Waals surface area contributed by atoms with E-state index in [1.807, 2.05) is 0 Å². The van der Waals surface area contributed by atoms with E-state index in [0.29, 0.717) is 11.3 Å². The lowest BCUT2D eigenvalue weighted by Gasteiger charge is -2.45. The highest BCUT2D eigenvalue weighted by atomic mass is 16.3. The van der Waals surface area contributed by atoms with Crippen molar-refractivity contribution in [2.45, 2.75) is 52.1 Å². The quantitative estimate of drug-likeness (QED) is 0.825. The second-order valence-corrected chi connectivity index (χ2v) is 7.69. The molecular formula is C20H26O. The molecule has 1 nitrogen and oxygen atoms in total. The molecular weight excluding hydrogens is 256 g/mol. The van der Waals surface area contributed by atoms with Gasteiger partial charge in [0.25, 0.3) is 0 Å². The molecule has 2 atom stereocenters. The molecule has 0 saturated heterocycles. The summed E-state index contributed by atoms with van der Waals surface area (Å²) < 4.78 is 0. The standard InChI is InChI=1S/C20H26O/c1-15-13-19(2,3)11-12-20(15,21)14-17-9-6-8-16-7-4-5-10-18(16)17/h4-10,15,21H,11-14H2,1-3H3. The van der Waals surface area contributed by atoms with Gasteiger partial charge >= 0.3 is 0 Å². The molecule has 112 valence electrons. The van der Waals surface area contributed by atoms with E-state index in [1.165, 1.54) is 16.3 Å². The average molecular weight is 282 g/mol. The Kier molecular flexibility index (Phi) is 3.57. The van der Waals surface area contributed by atoms with Gasteiger partial charge in [-0.05, 0) is 46.9 Å². The van der Waals surface area contributed by atoms with Crippen LogP contribution in [-0.2, 0) is 6.42 Å². The summed E-state index contributed by atoms with van der Waals surface area (Å²) >= 11 is 0. The van der Waals surface area contributed by atoms with Crippen LogP contribution < -0.4 is 0 Å². The van der Waals surface area contributed by atoms with Gasteiger partial charge in [-0.2, -0.15) is 0 Å². The summed E-state index contributed by atoms with van der Waals surface area (Å²) in [6, 6.07) is 14.9. The van der Waals surface area contributed by atoms with Crippen molar-refractivity contribution >= 4 is 10.8 Å². The van der Waals surface area contributed by atoms with Gasteiger partial charge in [-0.3, -0.25) is 0 Å². The largest absolute Gasteiger partial charge is 0.389 e. The molecule has 0 bridgehead atoms. The monoisotopic (exact) mass is 282 g/mol. The third-order valence-electron chi connectivity index (χ3n) is 5.39. The Bertz CT molecular complexity index is 638. The first-order valence-electron chi connectivity index (χ1n) is 8.09. The lowest BCUT2D eigenvalue weighted by atomic mass is 9.64. The molecule has 1 aliphatic carbocycles. The molecule has 0 aromatic heterocycles. The minimum absolute atomic E-state index is 0.347. The second-order valence-electron chi connectivity index (χ2n) is 7.69. The van der Waals surface area contributed by atoms with Crippen LogP contribution in [0.25, 0.3) is 10.8 Å². The van der Waals surface area contributed by atoms with Gasteiger partial charge in [0.1, 0.15) is 0 Å². The molecule has 1 saturated carbocycles. The highest BCUT2D eigenvalue weighted by Gasteiger charge is 2.42. The Morgan fingerprint density at radius 2 is 1.76 bits per heavy atom. The minimum atomic E-state index is -0.556. The van der Waals surface area contributed by atoms with Crippen molar-refractivity contribution in [3.63, 3.8) is 0 Å². The third kappa shape index (κ3) is 2.85. The minimum Gasteiger partial charge on any atom is -0.389 e. The van der Waals surface area contributed by atoms with Crippen molar-refractivity contribution in [1.29, 1.82) is 0 Å². The summed E-state index contributed by atoms with van der Waals surface area (Å²) in [5.41, 5.74) is 1.09. The predicted molar refractivity (Wildman–Crippen MR) is 89.4 cm³/mol. The molecule has 0 spiro atoms. The number of rotatable bonds is 2. The summed E-state index contributed by atoms with van der Waals surface area (Å²) in [6.45, 7) is 6.86. The van der Waals surface area contributed by atoms with Crippen molar-refractivity contribution < 1.29 is 5.11 Å². The molecule has 0 aliphatic heterocycles. The molecule has 1 aliphatic rings. The van der Waals surface area contributed by atoms with Crippen molar-refractivity contribution in [1.82, 2.24) is 0 Å². The van der Waals surface area contributed by atoms with E-state index < -0.39 is 5.60 Å². The zero-order valence-electron chi connectivity index (χ0n) is 13.4. The van der Waals surface area contributed by atoms with Gasteiger partial charge in [0, 0.05) is 6.42 Å². The number of fused-ring (bicyclic) bond motifs is 1. The Balaban J connectivity index is 1.91. The number of hydrogen-bond donors (Lipinski definition) is 1. The summed E-state index contributed by atoms with van der Waals surface area (Å²) in [5.74, 6) is 0.347. The highest BCUT2D eigenvalue weighted by Crippen LogP contribution is 2.45. The molecule has 2 aromatic carbocycles. The maximum atomic E-state index is 11.2. The van der Waals surface area contributed by atoms with Crippen LogP contribution in [0.2, 0.25) is 0 Å². The van der Waals surface area contributed by atoms with E-state index in [0.717, 1.165) is 25.7 Å². The van der Waals surface area contributed by atoms with E-state index in [2.05, 4.69) is 63.2 Å². The van der Waals surface area contributed by atoms with Gasteiger partial charge in [-0.15, -0.1) is 0 Å². The fourth-order valence-corrected chi connectivity index (χ4v) is 3.96. The van der Waals surface area contributed by atoms with Gasteiger partial charge in [-0.25, -0.2) is 0 Å². The van der Waals surface area contributed by atoms with Crippen LogP contribution in [0.15, 0.2) is 42.5 Å². The smallest absolute Gasteiger partial charge is 0.0713 e. The van der Waals surface area contributed by atoms with E-state index in [-0.39, 0.29) is 0 Å². The topological polar surface area (TPSA) is 20.2 Å². The van der Waals surface area contributed by atoms with Crippen LogP contribution in [0.1, 0.15) is 45.6 Å². The average Bonchev–Trinajstić information content (AvgIpc) is 2.44. The second kappa shape index (κ2) is 5.14. The number of hydrogen-bond acceptors (Lipinski definition) is 1. The first-order chi connectivity index (χ1) is 9.90. The fourth-order valence-electron chi connectivity index (χ4n) is 3.96. The van der Waals surface area contributed by atoms with Gasteiger partial charge in [0.15, 0.2) is 0 Å². The normalized spacial score (nSPS) is 28.7. The Labute approximate surface area is 128 Å². The van der Waals surface area contributed by atoms with Crippen LogP contribution in [0.4, 0.5) is 0 Å². The Hall–Kier alpha value is -1.34. The van der Waals surface area contributed by atoms with Gasteiger partial charge in [-0.1, -0.05) is 63.2 Å². The van der Waals surface area contributed by atoms with Crippen LogP contribution >= 0.6 is 0 Å². The van der Waals surface area contributed by atoms with Crippen molar-refractivity contribution in [2.24, 2.45) is 11.3 Å². The van der Waals surface area contributed by atoms with E-state index >= 15 is 0 Å². The zero-order valence-corrected chi connectivity index (χ0v) is 13.4. The molecule has 1 heteroatoms. The van der Waals surface area contributed by atoms with E-state index in [9.17, 15) is 5.11 Å². The maximum Gasteiger partial charge on any atom is 0.0713 e. The Morgan fingerprint density at radius 1 is 1.05 bits per heavy atom. The first kappa shape index (κ1) is 14.6. The number of aliphatic hydroxyl groups is 1. The summed E-state index contributed by atoms with van der Waals surface area (Å²) in [6.07, 6.45) is 3.89. The fraction of sp³-hybridized carbons (Fsp3) is 0.500. The highest BCUT2D eigenvalue weighted by molar-refractivity contribution is 5.85. The molecule has 1 N–H and O–H groups in total. The van der Waals surface area contributed by atoms with Crippen molar-refractivity contribution in [2.75, 3.05) is 0 Å². The molecule has 1 fully saturated rings. The molecule has 0 radical (unpaired) electrons. The zero-order chi connectivity index (χ0) is 15.1. The van der Waals surface area contributed by atoms with Gasteiger partial charge < -0.3 is 5.11 Å². The molecule has 21 heavy (non-hydrogen) atoms. The van der Waals surface area contributed by atoms with E-state index in [1.54, 1.807) is 0 Å². The molecule has 3 rings (SSSR count). The summed E-state index contributed by atoms with van der Waals surface area (Å²) in [4.78, 5) is 0. The van der Waals surface area contributed by atoms with Crippen molar-refractivity contribution in [3.8, 4) is 0 Å². The SMILES string of the molecule is CC1CC(C)(C)CCC1(O)Cc1cccc2ccccc12. The van der Waals surface area contributed by atoms with Crippen LogP contribution in [0.3, 0.4) is 0 Å². The molecule has 0 heterocycles. The summed E-state index contributed by atoms with van der Waals surface area (Å²) in [7, 11) is 0. The first-order valence-corrected chi connectivity index (χ1v) is 8.09. The maximum absolute atomic E-state index is 11.2. The molecule has 0 amide bonds. The lowest BCUT2D eigenvalue weighted by molar-refractivity contribution is -0.0702. The predicted octanol–water partition coefficient (Wildman–Crippen LogP) is 4.96. The van der Waals surface area contributed by atoms with Gasteiger partial charge in [0.2, 0.25) is 0 Å².